The number of rotatable bonds is 4. The van der Waals surface area contributed by atoms with Crippen molar-refractivity contribution in [1.82, 2.24) is 9.97 Å². The van der Waals surface area contributed by atoms with Gasteiger partial charge in [0.05, 0.1) is 6.42 Å². The maximum atomic E-state index is 10.3. The van der Waals surface area contributed by atoms with Crippen molar-refractivity contribution in [2.75, 3.05) is 0 Å². The molecule has 1 N–H and O–H groups in total. The highest BCUT2D eigenvalue weighted by molar-refractivity contribution is 5.66. The average molecular weight is 192 g/mol. The molecule has 1 aliphatic carbocycles. The highest BCUT2D eigenvalue weighted by Crippen LogP contribution is 2.39. The first kappa shape index (κ1) is 9.12. The molecule has 1 fully saturated rings. The van der Waals surface area contributed by atoms with Crippen molar-refractivity contribution < 1.29 is 9.90 Å². The highest BCUT2D eigenvalue weighted by atomic mass is 16.4. The molecule has 4 heteroatoms. The summed E-state index contributed by atoms with van der Waals surface area (Å²) in [4.78, 5) is 18.6. The summed E-state index contributed by atoms with van der Waals surface area (Å²) in [5, 5.41) is 8.47. The molecule has 14 heavy (non-hydrogen) atoms. The van der Waals surface area contributed by atoms with Gasteiger partial charge < -0.3 is 5.11 Å². The summed E-state index contributed by atoms with van der Waals surface area (Å²) in [6.07, 6.45) is 6.63. The summed E-state index contributed by atoms with van der Waals surface area (Å²) in [5.74, 6) is 0.472. The van der Waals surface area contributed by atoms with Crippen LogP contribution in [0.5, 0.6) is 0 Å². The fourth-order valence-corrected chi connectivity index (χ4v) is 1.34. The average Bonchev–Trinajstić information content (AvgIpc) is 2.99. The van der Waals surface area contributed by atoms with E-state index in [4.69, 9.17) is 5.11 Å². The van der Waals surface area contributed by atoms with Crippen molar-refractivity contribution in [3.63, 3.8) is 0 Å². The minimum absolute atomic E-state index is 0.1000. The van der Waals surface area contributed by atoms with Crippen molar-refractivity contribution in [3.8, 4) is 0 Å². The van der Waals surface area contributed by atoms with Crippen LogP contribution < -0.4 is 0 Å². The summed E-state index contributed by atoms with van der Waals surface area (Å²) < 4.78 is 0. The quantitative estimate of drug-likeness (QED) is 0.782. The van der Waals surface area contributed by atoms with Gasteiger partial charge in [0.25, 0.3) is 0 Å². The molecule has 0 bridgehead atoms. The van der Waals surface area contributed by atoms with Crippen LogP contribution in [0.25, 0.3) is 0 Å². The van der Waals surface area contributed by atoms with E-state index in [1.165, 1.54) is 18.4 Å². The van der Waals surface area contributed by atoms with E-state index in [1.54, 1.807) is 0 Å². The number of carboxylic acids is 1. The number of aliphatic carboxylic acids is 1. The standard InChI is InChI=1S/C10H12N2O2/c13-10(14)4-3-9-11-5-8(6-12-9)7-1-2-7/h5-7H,1-4H2,(H,13,14). The van der Waals surface area contributed by atoms with Gasteiger partial charge in [0, 0.05) is 18.8 Å². The fraction of sp³-hybridized carbons (Fsp3) is 0.500. The Hall–Kier alpha value is -1.45. The van der Waals surface area contributed by atoms with Crippen LogP contribution in [-0.4, -0.2) is 21.0 Å². The van der Waals surface area contributed by atoms with E-state index < -0.39 is 5.97 Å². The van der Waals surface area contributed by atoms with Crippen LogP contribution in [0.15, 0.2) is 12.4 Å². The van der Waals surface area contributed by atoms with Crippen LogP contribution in [0.1, 0.15) is 36.6 Å². The molecule has 1 aliphatic rings. The number of hydrogen-bond donors (Lipinski definition) is 1. The summed E-state index contributed by atoms with van der Waals surface area (Å²) in [7, 11) is 0. The minimum Gasteiger partial charge on any atom is -0.481 e. The second-order valence-electron chi connectivity index (χ2n) is 3.60. The normalized spacial score (nSPS) is 15.4. The summed E-state index contributed by atoms with van der Waals surface area (Å²) >= 11 is 0. The molecule has 0 spiro atoms. The van der Waals surface area contributed by atoms with Gasteiger partial charge in [0.2, 0.25) is 0 Å². The molecule has 0 atom stereocenters. The smallest absolute Gasteiger partial charge is 0.303 e. The molecule has 0 radical (unpaired) electrons. The van der Waals surface area contributed by atoms with Crippen molar-refractivity contribution >= 4 is 5.97 Å². The van der Waals surface area contributed by atoms with Crippen LogP contribution in [0.3, 0.4) is 0 Å². The lowest BCUT2D eigenvalue weighted by Gasteiger charge is -1.99. The van der Waals surface area contributed by atoms with E-state index in [2.05, 4.69) is 9.97 Å². The molecular weight excluding hydrogens is 180 g/mol. The van der Waals surface area contributed by atoms with Gasteiger partial charge in [-0.2, -0.15) is 0 Å². The summed E-state index contributed by atoms with van der Waals surface area (Å²) in [6, 6.07) is 0. The van der Waals surface area contributed by atoms with Crippen LogP contribution >= 0.6 is 0 Å². The van der Waals surface area contributed by atoms with E-state index in [0.717, 1.165) is 0 Å². The predicted molar refractivity (Wildman–Crippen MR) is 50.0 cm³/mol. The number of aryl methyl sites for hydroxylation is 1. The van der Waals surface area contributed by atoms with Gasteiger partial charge in [-0.05, 0) is 24.3 Å². The maximum absolute atomic E-state index is 10.3. The van der Waals surface area contributed by atoms with Crippen LogP contribution in [0, 0.1) is 0 Å². The SMILES string of the molecule is O=C(O)CCc1ncc(C2CC2)cn1. The Labute approximate surface area is 82.0 Å². The van der Waals surface area contributed by atoms with Crippen molar-refractivity contribution in [2.24, 2.45) is 0 Å². The van der Waals surface area contributed by atoms with Crippen molar-refractivity contribution in [2.45, 2.75) is 31.6 Å². The molecule has 4 nitrogen and oxygen atoms in total. The molecule has 0 aromatic carbocycles. The maximum Gasteiger partial charge on any atom is 0.303 e. The van der Waals surface area contributed by atoms with Crippen LogP contribution in [0.2, 0.25) is 0 Å². The Morgan fingerprint density at radius 2 is 2.07 bits per heavy atom. The van der Waals surface area contributed by atoms with E-state index >= 15 is 0 Å². The topological polar surface area (TPSA) is 63.1 Å². The molecule has 2 rings (SSSR count). The number of aromatic nitrogens is 2. The van der Waals surface area contributed by atoms with Crippen molar-refractivity contribution in [3.05, 3.63) is 23.8 Å². The fourth-order valence-electron chi connectivity index (χ4n) is 1.34. The second kappa shape index (κ2) is 3.74. The van der Waals surface area contributed by atoms with E-state index in [0.29, 0.717) is 18.2 Å². The molecule has 74 valence electrons. The van der Waals surface area contributed by atoms with Gasteiger partial charge in [0.1, 0.15) is 5.82 Å². The van der Waals surface area contributed by atoms with Gasteiger partial charge in [-0.15, -0.1) is 0 Å². The zero-order valence-corrected chi connectivity index (χ0v) is 7.81. The summed E-state index contributed by atoms with van der Waals surface area (Å²) in [6.45, 7) is 0. The van der Waals surface area contributed by atoms with Crippen LogP contribution in [0.4, 0.5) is 0 Å². The Bertz CT molecular complexity index is 330. The van der Waals surface area contributed by atoms with Gasteiger partial charge in [-0.1, -0.05) is 0 Å². The highest BCUT2D eigenvalue weighted by Gasteiger charge is 2.23. The molecule has 1 aromatic rings. The molecule has 1 aromatic heterocycles. The van der Waals surface area contributed by atoms with Gasteiger partial charge in [0.15, 0.2) is 0 Å². The third kappa shape index (κ3) is 2.28. The first-order valence-electron chi connectivity index (χ1n) is 4.78. The van der Waals surface area contributed by atoms with Crippen molar-refractivity contribution in [1.29, 1.82) is 0 Å². The molecule has 0 saturated heterocycles. The Balaban J connectivity index is 1.95. The first-order chi connectivity index (χ1) is 6.75. The Morgan fingerprint density at radius 1 is 1.43 bits per heavy atom. The number of carbonyl (C=O) groups is 1. The first-order valence-corrected chi connectivity index (χ1v) is 4.78. The molecule has 0 amide bonds. The van der Waals surface area contributed by atoms with Crippen LogP contribution in [-0.2, 0) is 11.2 Å². The lowest BCUT2D eigenvalue weighted by Crippen LogP contribution is -2.01. The Kier molecular flexibility index (Phi) is 2.43. The molecule has 1 heterocycles. The number of carboxylic acid groups (broad SMARTS) is 1. The molecule has 0 aliphatic heterocycles. The number of hydrogen-bond acceptors (Lipinski definition) is 3. The van der Waals surface area contributed by atoms with Gasteiger partial charge in [-0.3, -0.25) is 4.79 Å². The van der Waals surface area contributed by atoms with Gasteiger partial charge >= 0.3 is 5.97 Å². The second-order valence-corrected chi connectivity index (χ2v) is 3.60. The molecular formula is C10H12N2O2. The lowest BCUT2D eigenvalue weighted by atomic mass is 10.2. The zero-order chi connectivity index (χ0) is 9.97. The molecule has 1 saturated carbocycles. The minimum atomic E-state index is -0.806. The lowest BCUT2D eigenvalue weighted by molar-refractivity contribution is -0.137. The molecule has 0 unspecified atom stereocenters. The van der Waals surface area contributed by atoms with E-state index in [-0.39, 0.29) is 6.42 Å². The zero-order valence-electron chi connectivity index (χ0n) is 7.81. The third-order valence-corrected chi connectivity index (χ3v) is 2.34. The number of nitrogens with zero attached hydrogens (tertiary/aromatic N) is 2. The van der Waals surface area contributed by atoms with E-state index in [1.807, 2.05) is 12.4 Å². The van der Waals surface area contributed by atoms with Gasteiger partial charge in [-0.25, -0.2) is 9.97 Å². The predicted octanol–water partition coefficient (Wildman–Crippen LogP) is 1.37. The monoisotopic (exact) mass is 192 g/mol. The third-order valence-electron chi connectivity index (χ3n) is 2.34. The summed E-state index contributed by atoms with van der Waals surface area (Å²) in [5.41, 5.74) is 1.18. The van der Waals surface area contributed by atoms with E-state index in [9.17, 15) is 4.79 Å². The largest absolute Gasteiger partial charge is 0.481 e. The Morgan fingerprint density at radius 3 is 2.57 bits per heavy atom.